The standard InChI is InChI=1S/C24H26N2O3/c27-22-10-8-20(9-11-22)24(29)26-16-21(17-26)25-13-4-5-18(12-14-25)15-23(28)19-6-2-1-3-7-19/h1-3,6-11,15,21,27H,4-5,12-14,16-17H2/b18-15-. The minimum absolute atomic E-state index is 0.0186. The molecule has 2 fully saturated rings. The van der Waals surface area contributed by atoms with Gasteiger partial charge in [-0.15, -0.1) is 0 Å². The molecule has 2 aliphatic rings. The molecule has 1 N–H and O–H groups in total. The van der Waals surface area contributed by atoms with Gasteiger partial charge in [-0.2, -0.15) is 0 Å². The molecule has 29 heavy (non-hydrogen) atoms. The van der Waals surface area contributed by atoms with E-state index in [1.807, 2.05) is 41.3 Å². The van der Waals surface area contributed by atoms with E-state index in [0.717, 1.165) is 51.0 Å². The number of carbonyl (C=O) groups excluding carboxylic acids is 2. The number of hydrogen-bond acceptors (Lipinski definition) is 4. The molecule has 2 aromatic carbocycles. The van der Waals surface area contributed by atoms with Crippen LogP contribution in [-0.4, -0.2) is 58.8 Å². The maximum Gasteiger partial charge on any atom is 0.253 e. The molecule has 0 spiro atoms. The Hall–Kier alpha value is -2.92. The first-order valence-corrected chi connectivity index (χ1v) is 10.2. The molecule has 0 bridgehead atoms. The number of allylic oxidation sites excluding steroid dienone is 1. The van der Waals surface area contributed by atoms with Crippen LogP contribution in [0.1, 0.15) is 40.0 Å². The Morgan fingerprint density at radius 2 is 1.62 bits per heavy atom. The van der Waals surface area contributed by atoms with Gasteiger partial charge in [0.1, 0.15) is 5.75 Å². The molecule has 5 heteroatoms. The molecule has 0 saturated carbocycles. The van der Waals surface area contributed by atoms with Crippen molar-refractivity contribution in [1.29, 1.82) is 0 Å². The lowest BCUT2D eigenvalue weighted by Gasteiger charge is -2.45. The maximum absolute atomic E-state index is 12.5. The molecule has 2 heterocycles. The van der Waals surface area contributed by atoms with Gasteiger partial charge in [0.15, 0.2) is 5.78 Å². The van der Waals surface area contributed by atoms with Crippen LogP contribution < -0.4 is 0 Å². The Labute approximate surface area is 171 Å². The average Bonchev–Trinajstić information content (AvgIpc) is 2.93. The first-order valence-electron chi connectivity index (χ1n) is 10.2. The van der Waals surface area contributed by atoms with Crippen LogP contribution in [0, 0.1) is 0 Å². The Kier molecular flexibility index (Phi) is 5.76. The highest BCUT2D eigenvalue weighted by Gasteiger charge is 2.35. The van der Waals surface area contributed by atoms with Gasteiger partial charge in [0.25, 0.3) is 5.91 Å². The number of benzene rings is 2. The molecule has 0 atom stereocenters. The number of nitrogens with zero attached hydrogens (tertiary/aromatic N) is 2. The number of phenols is 1. The topological polar surface area (TPSA) is 60.9 Å². The minimum Gasteiger partial charge on any atom is -0.508 e. The molecule has 5 nitrogen and oxygen atoms in total. The van der Waals surface area contributed by atoms with Crippen LogP contribution in [-0.2, 0) is 0 Å². The molecular weight excluding hydrogens is 364 g/mol. The summed E-state index contributed by atoms with van der Waals surface area (Å²) in [5.41, 5.74) is 2.57. The van der Waals surface area contributed by atoms with Crippen LogP contribution in [0.4, 0.5) is 0 Å². The highest BCUT2D eigenvalue weighted by Crippen LogP contribution is 2.24. The monoisotopic (exact) mass is 390 g/mol. The van der Waals surface area contributed by atoms with Crippen molar-refractivity contribution in [3.63, 3.8) is 0 Å². The zero-order valence-corrected chi connectivity index (χ0v) is 16.5. The molecular formula is C24H26N2O3. The normalized spacial score (nSPS) is 19.6. The summed E-state index contributed by atoms with van der Waals surface area (Å²) < 4.78 is 0. The minimum atomic E-state index is 0.0186. The van der Waals surface area contributed by atoms with Crippen molar-refractivity contribution in [2.75, 3.05) is 26.2 Å². The fourth-order valence-corrected chi connectivity index (χ4v) is 4.05. The SMILES string of the molecule is O=C(/C=C1/CCCN(C2CN(C(=O)c3ccc(O)cc3)C2)CC1)c1ccccc1. The van der Waals surface area contributed by atoms with Gasteiger partial charge in [0.05, 0.1) is 0 Å². The number of aromatic hydroxyl groups is 1. The molecule has 2 saturated heterocycles. The molecule has 0 aromatic heterocycles. The number of ketones is 1. The largest absolute Gasteiger partial charge is 0.508 e. The van der Waals surface area contributed by atoms with Gasteiger partial charge >= 0.3 is 0 Å². The van der Waals surface area contributed by atoms with Crippen molar-refractivity contribution in [1.82, 2.24) is 9.80 Å². The van der Waals surface area contributed by atoms with E-state index in [2.05, 4.69) is 4.90 Å². The summed E-state index contributed by atoms with van der Waals surface area (Å²) in [6, 6.07) is 16.2. The van der Waals surface area contributed by atoms with Gasteiger partial charge in [0, 0.05) is 36.8 Å². The van der Waals surface area contributed by atoms with Crippen LogP contribution in [0.3, 0.4) is 0 Å². The van der Waals surface area contributed by atoms with Crippen LogP contribution >= 0.6 is 0 Å². The van der Waals surface area contributed by atoms with Crippen molar-refractivity contribution >= 4 is 11.7 Å². The van der Waals surface area contributed by atoms with Crippen molar-refractivity contribution < 1.29 is 14.7 Å². The van der Waals surface area contributed by atoms with E-state index in [4.69, 9.17) is 0 Å². The number of rotatable bonds is 4. The number of likely N-dealkylation sites (tertiary alicyclic amines) is 2. The van der Waals surface area contributed by atoms with Crippen molar-refractivity contribution in [2.45, 2.75) is 25.3 Å². The highest BCUT2D eigenvalue weighted by molar-refractivity contribution is 6.04. The van der Waals surface area contributed by atoms with Crippen LogP contribution in [0.2, 0.25) is 0 Å². The molecule has 4 rings (SSSR count). The lowest BCUT2D eigenvalue weighted by molar-refractivity contribution is 0.0276. The van der Waals surface area contributed by atoms with E-state index in [1.54, 1.807) is 24.3 Å². The van der Waals surface area contributed by atoms with Crippen molar-refractivity contribution in [3.8, 4) is 5.75 Å². The first kappa shape index (κ1) is 19.4. The number of amides is 1. The smallest absolute Gasteiger partial charge is 0.253 e. The Morgan fingerprint density at radius 3 is 2.34 bits per heavy atom. The Bertz CT molecular complexity index is 899. The zero-order chi connectivity index (χ0) is 20.2. The quantitative estimate of drug-likeness (QED) is 0.641. The predicted molar refractivity (Wildman–Crippen MR) is 112 cm³/mol. The third-order valence-corrected chi connectivity index (χ3v) is 5.84. The maximum atomic E-state index is 12.5. The third kappa shape index (κ3) is 4.57. The van der Waals surface area contributed by atoms with Gasteiger partial charge < -0.3 is 10.0 Å². The third-order valence-electron chi connectivity index (χ3n) is 5.84. The Morgan fingerprint density at radius 1 is 0.897 bits per heavy atom. The molecule has 0 unspecified atom stereocenters. The van der Waals surface area contributed by atoms with Crippen LogP contribution in [0.15, 0.2) is 66.2 Å². The van der Waals surface area contributed by atoms with Crippen LogP contribution in [0.25, 0.3) is 0 Å². The van der Waals surface area contributed by atoms with Crippen molar-refractivity contribution in [3.05, 3.63) is 77.4 Å². The summed E-state index contributed by atoms with van der Waals surface area (Å²) in [7, 11) is 0. The van der Waals surface area contributed by atoms with Gasteiger partial charge in [-0.3, -0.25) is 14.5 Å². The van der Waals surface area contributed by atoms with Crippen molar-refractivity contribution in [2.24, 2.45) is 0 Å². The number of hydrogen-bond donors (Lipinski definition) is 1. The summed E-state index contributed by atoms with van der Waals surface area (Å²) in [4.78, 5) is 29.3. The first-order chi connectivity index (χ1) is 14.1. The average molecular weight is 390 g/mol. The summed E-state index contributed by atoms with van der Waals surface area (Å²) in [5.74, 6) is 0.274. The fourth-order valence-electron chi connectivity index (χ4n) is 4.05. The predicted octanol–water partition coefficient (Wildman–Crippen LogP) is 3.51. The molecule has 2 aliphatic heterocycles. The van der Waals surface area contributed by atoms with Gasteiger partial charge in [-0.1, -0.05) is 35.9 Å². The van der Waals surface area contributed by atoms with E-state index in [-0.39, 0.29) is 17.4 Å². The summed E-state index contributed by atoms with van der Waals surface area (Å²) in [6.45, 7) is 3.41. The Balaban J connectivity index is 1.30. The summed E-state index contributed by atoms with van der Waals surface area (Å²) >= 11 is 0. The lowest BCUT2D eigenvalue weighted by atomic mass is 10.0. The highest BCUT2D eigenvalue weighted by atomic mass is 16.3. The molecule has 150 valence electrons. The lowest BCUT2D eigenvalue weighted by Crippen LogP contribution is -2.61. The second-order valence-corrected chi connectivity index (χ2v) is 7.83. The summed E-state index contributed by atoms with van der Waals surface area (Å²) in [6.07, 6.45) is 4.72. The zero-order valence-electron chi connectivity index (χ0n) is 16.5. The molecule has 1 amide bonds. The molecule has 0 aliphatic carbocycles. The molecule has 2 aromatic rings. The second-order valence-electron chi connectivity index (χ2n) is 7.83. The van der Waals surface area contributed by atoms with Crippen LogP contribution in [0.5, 0.6) is 5.75 Å². The molecule has 0 radical (unpaired) electrons. The van der Waals surface area contributed by atoms with Gasteiger partial charge in [-0.25, -0.2) is 0 Å². The second kappa shape index (κ2) is 8.62. The number of phenolic OH excluding ortho intramolecular Hbond substituents is 1. The van der Waals surface area contributed by atoms with E-state index < -0.39 is 0 Å². The van der Waals surface area contributed by atoms with E-state index in [1.165, 1.54) is 5.57 Å². The number of carbonyl (C=O) groups is 2. The fraction of sp³-hybridized carbons (Fsp3) is 0.333. The summed E-state index contributed by atoms with van der Waals surface area (Å²) in [5, 5.41) is 9.37. The van der Waals surface area contributed by atoms with E-state index in [9.17, 15) is 14.7 Å². The van der Waals surface area contributed by atoms with E-state index >= 15 is 0 Å². The van der Waals surface area contributed by atoms with E-state index in [0.29, 0.717) is 11.6 Å². The van der Waals surface area contributed by atoms with Gasteiger partial charge in [0.2, 0.25) is 0 Å². The van der Waals surface area contributed by atoms with Gasteiger partial charge in [-0.05, 0) is 56.1 Å².